The van der Waals surface area contributed by atoms with Crippen molar-refractivity contribution in [3.05, 3.63) is 54.6 Å². The van der Waals surface area contributed by atoms with Gasteiger partial charge < -0.3 is 5.32 Å². The molecule has 0 spiro atoms. The molecule has 2 amide bonds. The normalized spacial score (nSPS) is 17.0. The summed E-state index contributed by atoms with van der Waals surface area (Å²) >= 11 is 0. The second kappa shape index (κ2) is 8.48. The Kier molecular flexibility index (Phi) is 6.14. The van der Waals surface area contributed by atoms with Crippen LogP contribution in [0.4, 0.5) is 11.4 Å². The van der Waals surface area contributed by atoms with Crippen LogP contribution in [-0.2, 0) is 19.6 Å². The van der Waals surface area contributed by atoms with E-state index < -0.39 is 27.5 Å². The van der Waals surface area contributed by atoms with Crippen LogP contribution in [0.15, 0.2) is 64.5 Å². The van der Waals surface area contributed by atoms with Crippen LogP contribution in [0.1, 0.15) is 27.7 Å². The highest BCUT2D eigenvalue weighted by Crippen LogP contribution is 2.19. The van der Waals surface area contributed by atoms with Gasteiger partial charge >= 0.3 is 0 Å². The number of carbonyl (C=O) groups excluding carboxylic acids is 2. The van der Waals surface area contributed by atoms with Crippen molar-refractivity contribution >= 4 is 39.0 Å². The Labute approximate surface area is 181 Å². The highest BCUT2D eigenvalue weighted by atomic mass is 32.2. The van der Waals surface area contributed by atoms with Crippen molar-refractivity contribution in [3.8, 4) is 0 Å². The fraction of sp³-hybridized carbons (Fsp3) is 0.286. The van der Waals surface area contributed by atoms with Gasteiger partial charge in [0, 0.05) is 11.2 Å². The van der Waals surface area contributed by atoms with E-state index in [1.807, 2.05) is 6.07 Å². The first-order chi connectivity index (χ1) is 14.5. The summed E-state index contributed by atoms with van der Waals surface area (Å²) in [5.74, 6) is -0.959. The summed E-state index contributed by atoms with van der Waals surface area (Å²) in [7, 11) is -3.76. The standard InChI is InChI=1S/C21H25N5O4S/c1-14-20(28)26(16-10-6-5-7-11-16)24-18(22-14)19(27)23-15-9-8-12-17(13-15)31(29,30)25-21(2,3)4/h5-14,25H,1-4H3,(H,22,24)(H,23,27). The molecule has 1 atom stereocenters. The molecular formula is C21H25N5O4S. The summed E-state index contributed by atoms with van der Waals surface area (Å²) < 4.78 is 27.7. The maximum absolute atomic E-state index is 12.8. The van der Waals surface area contributed by atoms with E-state index >= 15 is 0 Å². The molecule has 3 rings (SSSR count). The zero-order chi connectivity index (χ0) is 22.8. The van der Waals surface area contributed by atoms with Crippen molar-refractivity contribution in [2.24, 2.45) is 4.99 Å². The van der Waals surface area contributed by atoms with E-state index in [2.05, 4.69) is 20.5 Å². The fourth-order valence-corrected chi connectivity index (χ4v) is 4.36. The predicted octanol–water partition coefficient (Wildman–Crippen LogP) is 2.04. The number of aliphatic imine (C=N–C) groups is 1. The molecule has 0 fully saturated rings. The van der Waals surface area contributed by atoms with E-state index in [0.717, 1.165) is 0 Å². The SMILES string of the molecule is CC1N=C(C(=O)Nc2cccc(S(=O)(=O)NC(C)(C)C)c2)NN(c2ccccc2)C1=O. The molecule has 1 aliphatic rings. The first-order valence-electron chi connectivity index (χ1n) is 9.65. The highest BCUT2D eigenvalue weighted by Gasteiger charge is 2.31. The summed E-state index contributed by atoms with van der Waals surface area (Å²) in [4.78, 5) is 29.4. The fourth-order valence-electron chi connectivity index (χ4n) is 2.90. The molecule has 31 heavy (non-hydrogen) atoms. The summed E-state index contributed by atoms with van der Waals surface area (Å²) in [5.41, 5.74) is 2.94. The van der Waals surface area contributed by atoms with Crippen LogP contribution >= 0.6 is 0 Å². The molecule has 0 aromatic heterocycles. The number of hydrogen-bond donors (Lipinski definition) is 3. The molecule has 1 heterocycles. The molecule has 3 N–H and O–H groups in total. The first kappa shape index (κ1) is 22.4. The zero-order valence-corrected chi connectivity index (χ0v) is 18.5. The maximum Gasteiger partial charge on any atom is 0.292 e. The quantitative estimate of drug-likeness (QED) is 0.653. The third-order valence-electron chi connectivity index (χ3n) is 4.19. The Hall–Kier alpha value is -3.24. The van der Waals surface area contributed by atoms with Crippen molar-refractivity contribution in [2.45, 2.75) is 44.2 Å². The maximum atomic E-state index is 12.8. The van der Waals surface area contributed by atoms with Gasteiger partial charge in [-0.2, -0.15) is 0 Å². The average molecular weight is 444 g/mol. The lowest BCUT2D eigenvalue weighted by atomic mass is 10.1. The van der Waals surface area contributed by atoms with Crippen LogP contribution in [0.25, 0.3) is 0 Å². The van der Waals surface area contributed by atoms with Gasteiger partial charge in [0.2, 0.25) is 15.9 Å². The third kappa shape index (κ3) is 5.47. The summed E-state index contributed by atoms with van der Waals surface area (Å²) in [6.07, 6.45) is 0. The number of amidine groups is 1. The molecule has 9 nitrogen and oxygen atoms in total. The average Bonchev–Trinajstić information content (AvgIpc) is 2.69. The van der Waals surface area contributed by atoms with E-state index in [0.29, 0.717) is 5.69 Å². The number of nitrogens with zero attached hydrogens (tertiary/aromatic N) is 2. The number of nitrogens with one attached hydrogen (secondary N) is 3. The molecule has 2 aromatic carbocycles. The van der Waals surface area contributed by atoms with Gasteiger partial charge in [0.05, 0.1) is 10.6 Å². The van der Waals surface area contributed by atoms with E-state index in [1.54, 1.807) is 58.0 Å². The molecular weight excluding hydrogens is 418 g/mol. The van der Waals surface area contributed by atoms with E-state index in [9.17, 15) is 18.0 Å². The number of hydrogen-bond acceptors (Lipinski definition) is 6. The Morgan fingerprint density at radius 1 is 1.10 bits per heavy atom. The molecule has 164 valence electrons. The number of hydrazine groups is 1. The molecule has 0 aliphatic carbocycles. The number of benzene rings is 2. The van der Waals surface area contributed by atoms with Gasteiger partial charge in [0.25, 0.3) is 11.8 Å². The van der Waals surface area contributed by atoms with Gasteiger partial charge in [-0.1, -0.05) is 24.3 Å². The number of para-hydroxylation sites is 1. The van der Waals surface area contributed by atoms with Crippen molar-refractivity contribution in [3.63, 3.8) is 0 Å². The lowest BCUT2D eigenvalue weighted by Crippen LogP contribution is -2.57. The Morgan fingerprint density at radius 2 is 1.77 bits per heavy atom. The van der Waals surface area contributed by atoms with Gasteiger partial charge in [0.15, 0.2) is 0 Å². The lowest BCUT2D eigenvalue weighted by molar-refractivity contribution is -0.120. The van der Waals surface area contributed by atoms with E-state index in [1.165, 1.54) is 23.2 Å². The molecule has 1 unspecified atom stereocenters. The Balaban J connectivity index is 1.80. The number of anilines is 2. The molecule has 0 radical (unpaired) electrons. The smallest absolute Gasteiger partial charge is 0.292 e. The van der Waals surface area contributed by atoms with Crippen molar-refractivity contribution < 1.29 is 18.0 Å². The van der Waals surface area contributed by atoms with Crippen LogP contribution in [0, 0.1) is 0 Å². The van der Waals surface area contributed by atoms with E-state index in [-0.39, 0.29) is 22.3 Å². The summed E-state index contributed by atoms with van der Waals surface area (Å²) in [6, 6.07) is 14.0. The number of rotatable bonds is 5. The molecule has 10 heteroatoms. The third-order valence-corrected chi connectivity index (χ3v) is 5.95. The van der Waals surface area contributed by atoms with E-state index in [4.69, 9.17) is 0 Å². The predicted molar refractivity (Wildman–Crippen MR) is 119 cm³/mol. The largest absolute Gasteiger partial charge is 0.319 e. The topological polar surface area (TPSA) is 120 Å². The second-order valence-corrected chi connectivity index (χ2v) is 9.79. The van der Waals surface area contributed by atoms with Crippen LogP contribution in [-0.4, -0.2) is 37.6 Å². The lowest BCUT2D eigenvalue weighted by Gasteiger charge is -2.30. The van der Waals surface area contributed by atoms with Crippen LogP contribution in [0.5, 0.6) is 0 Å². The van der Waals surface area contributed by atoms with Crippen LogP contribution in [0.2, 0.25) is 0 Å². The minimum Gasteiger partial charge on any atom is -0.319 e. The second-order valence-electron chi connectivity index (χ2n) is 8.11. The van der Waals surface area contributed by atoms with Crippen LogP contribution in [0.3, 0.4) is 0 Å². The number of carbonyl (C=O) groups is 2. The Morgan fingerprint density at radius 3 is 2.42 bits per heavy atom. The van der Waals surface area contributed by atoms with Gasteiger partial charge in [-0.3, -0.25) is 15.0 Å². The monoisotopic (exact) mass is 443 g/mol. The van der Waals surface area contributed by atoms with Crippen LogP contribution < -0.4 is 20.5 Å². The summed E-state index contributed by atoms with van der Waals surface area (Å²) in [6.45, 7) is 6.82. The molecule has 2 aromatic rings. The van der Waals surface area contributed by atoms with Crippen molar-refractivity contribution in [1.82, 2.24) is 10.1 Å². The van der Waals surface area contributed by atoms with Crippen molar-refractivity contribution in [2.75, 3.05) is 10.3 Å². The van der Waals surface area contributed by atoms with Gasteiger partial charge in [-0.25, -0.2) is 23.1 Å². The van der Waals surface area contributed by atoms with Crippen molar-refractivity contribution in [1.29, 1.82) is 0 Å². The van der Waals surface area contributed by atoms with Gasteiger partial charge in [-0.05, 0) is 58.0 Å². The highest BCUT2D eigenvalue weighted by molar-refractivity contribution is 7.89. The molecule has 0 saturated heterocycles. The Bertz CT molecular complexity index is 1120. The molecule has 1 aliphatic heterocycles. The van der Waals surface area contributed by atoms with Gasteiger partial charge in [0.1, 0.15) is 6.04 Å². The number of amides is 2. The molecule has 0 saturated carbocycles. The minimum atomic E-state index is -3.76. The summed E-state index contributed by atoms with van der Waals surface area (Å²) in [5, 5.41) is 3.90. The first-order valence-corrected chi connectivity index (χ1v) is 11.1. The zero-order valence-electron chi connectivity index (χ0n) is 17.7. The number of sulfonamides is 1. The van der Waals surface area contributed by atoms with Gasteiger partial charge in [-0.15, -0.1) is 0 Å². The minimum absolute atomic E-state index is 0.0215. The molecule has 0 bridgehead atoms.